The maximum atomic E-state index is 13.1. The molecule has 0 aliphatic heterocycles. The minimum Gasteiger partial charge on any atom is -0.467 e. The molecule has 1 rings (SSSR count). The van der Waals surface area contributed by atoms with Crippen LogP contribution in [0.25, 0.3) is 0 Å². The van der Waals surface area contributed by atoms with Crippen LogP contribution in [0.1, 0.15) is 12.5 Å². The Kier molecular flexibility index (Phi) is 5.69. The Morgan fingerprint density at radius 3 is 2.88 bits per heavy atom. The molecule has 0 unspecified atom stereocenters. The molecule has 1 aromatic carbocycles. The van der Waals surface area contributed by atoms with Crippen LogP contribution in [-0.4, -0.2) is 19.3 Å². The fraction of sp³-hybridized carbons (Fsp3) is 0.333. The summed E-state index contributed by atoms with van der Waals surface area (Å²) in [7, 11) is 0. The normalized spacial score (nSPS) is 9.44. The molecule has 0 aromatic heterocycles. The third kappa shape index (κ3) is 4.52. The van der Waals surface area contributed by atoms with E-state index in [1.54, 1.807) is 6.07 Å². The molecule has 16 heavy (non-hydrogen) atoms. The summed E-state index contributed by atoms with van der Waals surface area (Å²) in [6, 6.07) is 4.25. The molecular formula is C12H12ClFO2. The van der Waals surface area contributed by atoms with Crippen LogP contribution in [0.5, 0.6) is 5.75 Å². The average molecular weight is 243 g/mol. The monoisotopic (exact) mass is 242 g/mol. The van der Waals surface area contributed by atoms with E-state index < -0.39 is 5.82 Å². The number of ether oxygens (including phenoxy) is 2. The van der Waals surface area contributed by atoms with Crippen molar-refractivity contribution in [2.75, 3.05) is 19.3 Å². The van der Waals surface area contributed by atoms with Crippen LogP contribution in [-0.2, 0) is 4.74 Å². The molecule has 0 N–H and O–H groups in total. The Morgan fingerprint density at radius 1 is 1.38 bits per heavy atom. The lowest BCUT2D eigenvalue weighted by Gasteiger charge is -2.06. The third-order valence-electron chi connectivity index (χ3n) is 1.68. The summed E-state index contributed by atoms with van der Waals surface area (Å²) in [5.41, 5.74) is 0.534. The molecule has 0 spiro atoms. The summed E-state index contributed by atoms with van der Waals surface area (Å²) in [5.74, 6) is 5.59. The maximum Gasteiger partial charge on any atom is 0.189 e. The molecule has 0 amide bonds. The van der Waals surface area contributed by atoms with E-state index in [0.29, 0.717) is 17.9 Å². The van der Waals surface area contributed by atoms with E-state index in [2.05, 4.69) is 11.8 Å². The van der Waals surface area contributed by atoms with Crippen molar-refractivity contribution in [2.45, 2.75) is 6.92 Å². The Labute approximate surface area is 99.3 Å². The van der Waals surface area contributed by atoms with Gasteiger partial charge in [0.1, 0.15) is 11.6 Å². The van der Waals surface area contributed by atoms with E-state index in [1.165, 1.54) is 12.1 Å². The standard InChI is InChI=1S/C12H12ClFO2/c1-2-15-9-16-12-7-10(4-3-5-13)6-11(14)8-12/h6-8H,2,5,9H2,1H3. The summed E-state index contributed by atoms with van der Waals surface area (Å²) >= 11 is 5.41. The van der Waals surface area contributed by atoms with Gasteiger partial charge in [-0.05, 0) is 19.1 Å². The minimum atomic E-state index is -0.395. The number of alkyl halides is 1. The SMILES string of the molecule is CCOCOc1cc(F)cc(C#CCCl)c1. The van der Waals surface area contributed by atoms with Crippen molar-refractivity contribution < 1.29 is 13.9 Å². The van der Waals surface area contributed by atoms with Gasteiger partial charge >= 0.3 is 0 Å². The first-order valence-corrected chi connectivity index (χ1v) is 5.35. The lowest BCUT2D eigenvalue weighted by Crippen LogP contribution is -2.02. The van der Waals surface area contributed by atoms with Crippen LogP contribution in [0.15, 0.2) is 18.2 Å². The third-order valence-corrected chi connectivity index (χ3v) is 1.82. The van der Waals surface area contributed by atoms with Gasteiger partial charge in [0.15, 0.2) is 6.79 Å². The van der Waals surface area contributed by atoms with Crippen molar-refractivity contribution in [3.63, 3.8) is 0 Å². The van der Waals surface area contributed by atoms with Gasteiger partial charge in [0.05, 0.1) is 5.88 Å². The van der Waals surface area contributed by atoms with Gasteiger partial charge in [-0.15, -0.1) is 11.6 Å². The molecular weight excluding hydrogens is 231 g/mol. The Hall–Kier alpha value is -1.24. The van der Waals surface area contributed by atoms with Crippen LogP contribution in [0.4, 0.5) is 4.39 Å². The summed E-state index contributed by atoms with van der Waals surface area (Å²) in [6.45, 7) is 2.50. The second-order valence-electron chi connectivity index (χ2n) is 2.87. The Morgan fingerprint density at radius 2 is 2.19 bits per heavy atom. The van der Waals surface area contributed by atoms with E-state index in [0.717, 1.165) is 0 Å². The summed E-state index contributed by atoms with van der Waals surface area (Å²) < 4.78 is 23.3. The fourth-order valence-electron chi connectivity index (χ4n) is 1.05. The molecule has 2 nitrogen and oxygen atoms in total. The van der Waals surface area contributed by atoms with Crippen molar-refractivity contribution in [1.82, 2.24) is 0 Å². The number of hydrogen-bond donors (Lipinski definition) is 0. The lowest BCUT2D eigenvalue weighted by molar-refractivity contribution is 0.0222. The highest BCUT2D eigenvalue weighted by molar-refractivity contribution is 6.19. The van der Waals surface area contributed by atoms with Crippen LogP contribution >= 0.6 is 11.6 Å². The molecule has 1 aromatic rings. The van der Waals surface area contributed by atoms with Crippen LogP contribution in [0.3, 0.4) is 0 Å². The summed E-state index contributed by atoms with van der Waals surface area (Å²) in [5, 5.41) is 0. The highest BCUT2D eigenvalue weighted by atomic mass is 35.5. The zero-order valence-electron chi connectivity index (χ0n) is 8.93. The smallest absolute Gasteiger partial charge is 0.189 e. The zero-order chi connectivity index (χ0) is 11.8. The van der Waals surface area contributed by atoms with Crippen molar-refractivity contribution in [3.05, 3.63) is 29.6 Å². The van der Waals surface area contributed by atoms with Crippen LogP contribution < -0.4 is 4.74 Å². The lowest BCUT2D eigenvalue weighted by atomic mass is 10.2. The number of benzene rings is 1. The summed E-state index contributed by atoms with van der Waals surface area (Å²) in [4.78, 5) is 0. The number of hydrogen-bond acceptors (Lipinski definition) is 2. The predicted octanol–water partition coefficient (Wildman–Crippen LogP) is 2.79. The van der Waals surface area contributed by atoms with Crippen molar-refractivity contribution in [3.8, 4) is 17.6 Å². The highest BCUT2D eigenvalue weighted by Gasteiger charge is 2.00. The predicted molar refractivity (Wildman–Crippen MR) is 61.1 cm³/mol. The quantitative estimate of drug-likeness (QED) is 0.350. The van der Waals surface area contributed by atoms with Gasteiger partial charge in [-0.25, -0.2) is 4.39 Å². The average Bonchev–Trinajstić information content (AvgIpc) is 2.26. The first kappa shape index (κ1) is 12.8. The molecule has 0 aliphatic carbocycles. The molecule has 0 saturated heterocycles. The second-order valence-corrected chi connectivity index (χ2v) is 3.13. The molecule has 0 atom stereocenters. The zero-order valence-corrected chi connectivity index (χ0v) is 9.68. The van der Waals surface area contributed by atoms with Gasteiger partial charge < -0.3 is 9.47 Å². The molecule has 0 saturated carbocycles. The van der Waals surface area contributed by atoms with Gasteiger partial charge in [0.25, 0.3) is 0 Å². The topological polar surface area (TPSA) is 18.5 Å². The van der Waals surface area contributed by atoms with Crippen molar-refractivity contribution >= 4 is 11.6 Å². The summed E-state index contributed by atoms with van der Waals surface area (Å²) in [6.07, 6.45) is 0. The fourth-order valence-corrected chi connectivity index (χ4v) is 1.11. The molecule has 86 valence electrons. The molecule has 0 fully saturated rings. The van der Waals surface area contributed by atoms with E-state index in [-0.39, 0.29) is 12.7 Å². The van der Waals surface area contributed by atoms with Gasteiger partial charge in [-0.2, -0.15) is 0 Å². The molecule has 0 bridgehead atoms. The van der Waals surface area contributed by atoms with E-state index in [1.807, 2.05) is 6.92 Å². The van der Waals surface area contributed by atoms with Crippen LogP contribution in [0.2, 0.25) is 0 Å². The molecule has 0 radical (unpaired) electrons. The maximum absolute atomic E-state index is 13.1. The van der Waals surface area contributed by atoms with Gasteiger partial charge in [-0.1, -0.05) is 11.8 Å². The van der Waals surface area contributed by atoms with E-state index in [9.17, 15) is 4.39 Å². The van der Waals surface area contributed by atoms with E-state index in [4.69, 9.17) is 21.1 Å². The van der Waals surface area contributed by atoms with E-state index >= 15 is 0 Å². The largest absolute Gasteiger partial charge is 0.467 e. The first-order chi connectivity index (χ1) is 7.76. The number of rotatable bonds is 4. The molecule has 4 heteroatoms. The van der Waals surface area contributed by atoms with Gasteiger partial charge in [0, 0.05) is 18.2 Å². The molecule has 0 aliphatic rings. The minimum absolute atomic E-state index is 0.0995. The molecule has 0 heterocycles. The number of halogens is 2. The Balaban J connectivity index is 2.73. The Bertz CT molecular complexity index is 396. The second kappa shape index (κ2) is 7.10. The first-order valence-electron chi connectivity index (χ1n) is 4.82. The van der Waals surface area contributed by atoms with Gasteiger partial charge in [-0.3, -0.25) is 0 Å². The van der Waals surface area contributed by atoms with Crippen molar-refractivity contribution in [1.29, 1.82) is 0 Å². The van der Waals surface area contributed by atoms with Gasteiger partial charge in [0.2, 0.25) is 0 Å². The van der Waals surface area contributed by atoms with Crippen LogP contribution in [0, 0.1) is 17.7 Å². The van der Waals surface area contributed by atoms with Crippen molar-refractivity contribution in [2.24, 2.45) is 0 Å². The highest BCUT2D eigenvalue weighted by Crippen LogP contribution is 2.15.